The number of carbonyl (C=O) groups is 1. The van der Waals surface area contributed by atoms with Gasteiger partial charge in [0.25, 0.3) is 0 Å². The van der Waals surface area contributed by atoms with Crippen LogP contribution in [-0.2, 0) is 4.79 Å². The van der Waals surface area contributed by atoms with Gasteiger partial charge in [0.2, 0.25) is 0 Å². The second-order valence-corrected chi connectivity index (χ2v) is 2.34. The smallest absolute Gasteiger partial charge is 0.323 e. The van der Waals surface area contributed by atoms with Gasteiger partial charge in [0.1, 0.15) is 6.54 Å². The van der Waals surface area contributed by atoms with Crippen molar-refractivity contribution in [2.45, 2.75) is 0 Å². The normalized spacial score (nSPS) is 15.0. The predicted molar refractivity (Wildman–Crippen MR) is 46.4 cm³/mol. The quantitative estimate of drug-likeness (QED) is 0.732. The van der Waals surface area contributed by atoms with Crippen molar-refractivity contribution in [3.05, 3.63) is 12.4 Å². The van der Waals surface area contributed by atoms with Gasteiger partial charge in [-0.3, -0.25) is 4.79 Å². The predicted octanol–water partition coefficient (Wildman–Crippen LogP) is 0.325. The highest BCUT2D eigenvalue weighted by atomic mass is 79.9. The van der Waals surface area contributed by atoms with Crippen LogP contribution in [0.25, 0.3) is 0 Å². The minimum absolute atomic E-state index is 0. The number of aliphatic carboxylic acids is 1. The molecule has 0 aromatic carbocycles. The van der Waals surface area contributed by atoms with E-state index in [1.54, 1.807) is 11.1 Å². The Hall–Kier alpha value is -0.710. The Labute approximate surface area is 75.9 Å². The van der Waals surface area contributed by atoms with Crippen LogP contribution >= 0.6 is 17.0 Å². The molecule has 0 aliphatic carbocycles. The SMILES string of the molecule is Br.CN1C=CN(CC(=O)O)C1. The van der Waals surface area contributed by atoms with Crippen molar-refractivity contribution in [1.82, 2.24) is 9.80 Å². The molecular weight excluding hydrogens is 212 g/mol. The Balaban J connectivity index is 0.000001000. The summed E-state index contributed by atoms with van der Waals surface area (Å²) in [7, 11) is 1.90. The molecule has 0 amide bonds. The summed E-state index contributed by atoms with van der Waals surface area (Å²) in [5, 5.41) is 8.37. The molecule has 0 radical (unpaired) electrons. The van der Waals surface area contributed by atoms with Gasteiger partial charge in [-0.2, -0.15) is 0 Å². The Kier molecular flexibility index (Phi) is 3.95. The number of hydrogen-bond acceptors (Lipinski definition) is 3. The van der Waals surface area contributed by atoms with Gasteiger partial charge in [0.15, 0.2) is 0 Å². The first-order chi connectivity index (χ1) is 4.68. The van der Waals surface area contributed by atoms with Crippen LogP contribution in [0.5, 0.6) is 0 Å². The van der Waals surface area contributed by atoms with E-state index in [4.69, 9.17) is 5.11 Å². The van der Waals surface area contributed by atoms with E-state index in [9.17, 15) is 4.79 Å². The van der Waals surface area contributed by atoms with Gasteiger partial charge in [-0.15, -0.1) is 17.0 Å². The van der Waals surface area contributed by atoms with Crippen LogP contribution in [0.3, 0.4) is 0 Å². The van der Waals surface area contributed by atoms with Gasteiger partial charge in [-0.05, 0) is 0 Å². The molecule has 0 atom stereocenters. The Bertz CT molecular complexity index is 172. The molecule has 4 nitrogen and oxygen atoms in total. The summed E-state index contributed by atoms with van der Waals surface area (Å²) < 4.78 is 0. The zero-order chi connectivity index (χ0) is 7.56. The van der Waals surface area contributed by atoms with Gasteiger partial charge in [0, 0.05) is 19.4 Å². The van der Waals surface area contributed by atoms with Crippen molar-refractivity contribution in [3.8, 4) is 0 Å². The fraction of sp³-hybridized carbons (Fsp3) is 0.500. The monoisotopic (exact) mass is 222 g/mol. The van der Waals surface area contributed by atoms with Crippen molar-refractivity contribution in [2.75, 3.05) is 20.3 Å². The van der Waals surface area contributed by atoms with Crippen LogP contribution in [0.4, 0.5) is 0 Å². The molecule has 0 aromatic rings. The summed E-state index contributed by atoms with van der Waals surface area (Å²) in [5.74, 6) is -0.792. The van der Waals surface area contributed by atoms with Gasteiger partial charge in [-0.1, -0.05) is 0 Å². The summed E-state index contributed by atoms with van der Waals surface area (Å²) in [6.45, 7) is 0.757. The lowest BCUT2D eigenvalue weighted by atomic mass is 10.6. The fourth-order valence-electron chi connectivity index (χ4n) is 0.865. The van der Waals surface area contributed by atoms with Crippen LogP contribution in [0.2, 0.25) is 0 Å². The van der Waals surface area contributed by atoms with E-state index in [0.29, 0.717) is 6.67 Å². The number of hydrogen-bond donors (Lipinski definition) is 1. The Morgan fingerprint density at radius 2 is 2.27 bits per heavy atom. The summed E-state index contributed by atoms with van der Waals surface area (Å²) in [4.78, 5) is 13.8. The molecule has 1 aliphatic rings. The zero-order valence-corrected chi connectivity index (χ0v) is 7.94. The van der Waals surface area contributed by atoms with Crippen LogP contribution in [0.15, 0.2) is 12.4 Å². The van der Waals surface area contributed by atoms with Gasteiger partial charge in [0.05, 0.1) is 6.67 Å². The second-order valence-electron chi connectivity index (χ2n) is 2.34. The molecule has 0 unspecified atom stereocenters. The second kappa shape index (κ2) is 4.23. The number of halogens is 1. The molecule has 1 N–H and O–H groups in total. The first-order valence-electron chi connectivity index (χ1n) is 3.03. The lowest BCUT2D eigenvalue weighted by molar-refractivity contribution is -0.137. The molecule has 1 rings (SSSR count). The van der Waals surface area contributed by atoms with Gasteiger partial charge >= 0.3 is 5.97 Å². The van der Waals surface area contributed by atoms with Crippen molar-refractivity contribution in [3.63, 3.8) is 0 Å². The molecule has 1 heterocycles. The molecule has 11 heavy (non-hydrogen) atoms. The lowest BCUT2D eigenvalue weighted by Gasteiger charge is -2.14. The molecule has 0 saturated carbocycles. The molecule has 0 spiro atoms. The third-order valence-corrected chi connectivity index (χ3v) is 1.28. The van der Waals surface area contributed by atoms with Crippen molar-refractivity contribution >= 4 is 23.0 Å². The van der Waals surface area contributed by atoms with Crippen LogP contribution < -0.4 is 0 Å². The summed E-state index contributed by atoms with van der Waals surface area (Å²) in [5.41, 5.74) is 0. The maximum Gasteiger partial charge on any atom is 0.323 e. The highest BCUT2D eigenvalue weighted by molar-refractivity contribution is 8.93. The third kappa shape index (κ3) is 3.27. The number of carboxylic acid groups (broad SMARTS) is 1. The summed E-state index contributed by atoms with van der Waals surface area (Å²) in [6.07, 6.45) is 3.62. The highest BCUT2D eigenvalue weighted by Crippen LogP contribution is 2.01. The van der Waals surface area contributed by atoms with Crippen LogP contribution in [0.1, 0.15) is 0 Å². The fourth-order valence-corrected chi connectivity index (χ4v) is 0.865. The summed E-state index contributed by atoms with van der Waals surface area (Å²) in [6, 6.07) is 0. The van der Waals surface area contributed by atoms with Gasteiger partial charge < -0.3 is 14.9 Å². The van der Waals surface area contributed by atoms with E-state index >= 15 is 0 Å². The summed E-state index contributed by atoms with van der Waals surface area (Å²) >= 11 is 0. The standard InChI is InChI=1S/C6H10N2O2.BrH/c1-7-2-3-8(5-7)4-6(9)10;/h2-3H,4-5H2,1H3,(H,9,10);1H. The highest BCUT2D eigenvalue weighted by Gasteiger charge is 2.10. The molecule has 1 aliphatic heterocycles. The van der Waals surface area contributed by atoms with E-state index in [-0.39, 0.29) is 23.5 Å². The van der Waals surface area contributed by atoms with E-state index < -0.39 is 5.97 Å². The topological polar surface area (TPSA) is 43.8 Å². The van der Waals surface area contributed by atoms with Crippen LogP contribution in [-0.4, -0.2) is 41.1 Å². The molecule has 0 fully saturated rings. The average molecular weight is 223 g/mol. The number of nitrogens with zero attached hydrogens (tertiary/aromatic N) is 2. The minimum atomic E-state index is -0.792. The Morgan fingerprint density at radius 3 is 2.64 bits per heavy atom. The van der Waals surface area contributed by atoms with E-state index in [2.05, 4.69) is 0 Å². The van der Waals surface area contributed by atoms with Crippen molar-refractivity contribution in [1.29, 1.82) is 0 Å². The molecule has 0 saturated heterocycles. The third-order valence-electron chi connectivity index (χ3n) is 1.28. The first kappa shape index (κ1) is 10.3. The molecular formula is C6H11BrN2O2. The van der Waals surface area contributed by atoms with Crippen molar-refractivity contribution in [2.24, 2.45) is 0 Å². The maximum atomic E-state index is 10.2. The zero-order valence-electron chi connectivity index (χ0n) is 6.23. The number of rotatable bonds is 2. The largest absolute Gasteiger partial charge is 0.480 e. The first-order valence-corrected chi connectivity index (χ1v) is 3.03. The van der Waals surface area contributed by atoms with E-state index in [0.717, 1.165) is 0 Å². The minimum Gasteiger partial charge on any atom is -0.480 e. The molecule has 5 heteroatoms. The van der Waals surface area contributed by atoms with E-state index in [1.807, 2.05) is 18.1 Å². The molecule has 64 valence electrons. The van der Waals surface area contributed by atoms with E-state index in [1.165, 1.54) is 0 Å². The van der Waals surface area contributed by atoms with Gasteiger partial charge in [-0.25, -0.2) is 0 Å². The molecule has 0 aromatic heterocycles. The average Bonchev–Trinajstić information content (AvgIpc) is 2.13. The maximum absolute atomic E-state index is 10.2. The van der Waals surface area contributed by atoms with Crippen molar-refractivity contribution < 1.29 is 9.90 Å². The molecule has 0 bridgehead atoms. The number of carboxylic acids is 1. The Morgan fingerprint density at radius 1 is 1.64 bits per heavy atom. The lowest BCUT2D eigenvalue weighted by Crippen LogP contribution is -2.27. The van der Waals surface area contributed by atoms with Crippen LogP contribution in [0, 0.1) is 0 Å².